The van der Waals surface area contributed by atoms with Gasteiger partial charge in [0.15, 0.2) is 0 Å². The van der Waals surface area contributed by atoms with Crippen LogP contribution < -0.4 is 10.6 Å². The SMILES string of the molecule is CC[C@H](CN1CC[C@@H](CNC(=O)c2ccc3cc(Cl)ccc3c2)NC2(CC2CN2CCCCCC2)C1=O)c1ccccc1. The summed E-state index contributed by atoms with van der Waals surface area (Å²) in [4.78, 5) is 32.3. The first-order valence-electron chi connectivity index (χ1n) is 16.3. The lowest BCUT2D eigenvalue weighted by atomic mass is 9.95. The van der Waals surface area contributed by atoms with E-state index < -0.39 is 5.54 Å². The predicted molar refractivity (Wildman–Crippen MR) is 175 cm³/mol. The number of fused-ring (bicyclic) bond motifs is 1. The summed E-state index contributed by atoms with van der Waals surface area (Å²) in [6.45, 7) is 7.38. The van der Waals surface area contributed by atoms with Gasteiger partial charge in [-0.2, -0.15) is 0 Å². The molecular weight excluding hydrogens is 556 g/mol. The standard InChI is InChI=1S/C36H45ClN4O2/c1-2-26(27-10-6-5-7-11-27)24-41-19-16-33(23-38-34(42)30-13-12-29-21-32(37)15-14-28(29)20-30)39-36(35(41)43)22-31(36)25-40-17-8-3-4-9-18-40/h5-7,10-15,20-21,26,31,33,39H,2-4,8-9,16-19,22-25H2,1H3,(H,38,42)/t26-,31?,33+,36?/m1/s1. The molecule has 1 aliphatic carbocycles. The maximum absolute atomic E-state index is 14.3. The topological polar surface area (TPSA) is 64.7 Å². The maximum atomic E-state index is 14.3. The Morgan fingerprint density at radius 1 is 1.00 bits per heavy atom. The number of carbonyl (C=O) groups excluding carboxylic acids is 2. The molecule has 0 bridgehead atoms. The third-order valence-electron chi connectivity index (χ3n) is 9.94. The zero-order valence-electron chi connectivity index (χ0n) is 25.4. The van der Waals surface area contributed by atoms with Gasteiger partial charge in [-0.05, 0) is 85.8 Å². The molecule has 0 radical (unpaired) electrons. The molecule has 2 N–H and O–H groups in total. The van der Waals surface area contributed by atoms with Gasteiger partial charge in [0, 0.05) is 54.6 Å². The molecule has 3 fully saturated rings. The van der Waals surface area contributed by atoms with Crippen molar-refractivity contribution in [3.8, 4) is 0 Å². The summed E-state index contributed by atoms with van der Waals surface area (Å²) in [5, 5.41) is 9.70. The van der Waals surface area contributed by atoms with Gasteiger partial charge < -0.3 is 15.1 Å². The van der Waals surface area contributed by atoms with E-state index in [0.29, 0.717) is 35.5 Å². The van der Waals surface area contributed by atoms with E-state index >= 15 is 0 Å². The second-order valence-corrected chi connectivity index (χ2v) is 13.3. The maximum Gasteiger partial charge on any atom is 0.251 e. The highest BCUT2D eigenvalue weighted by Crippen LogP contribution is 2.47. The average molecular weight is 601 g/mol. The molecule has 2 heterocycles. The van der Waals surface area contributed by atoms with Crippen LogP contribution in [0.5, 0.6) is 0 Å². The number of hydrogen-bond donors (Lipinski definition) is 2. The number of hydrogen-bond acceptors (Lipinski definition) is 4. The summed E-state index contributed by atoms with van der Waals surface area (Å²) >= 11 is 6.14. The minimum absolute atomic E-state index is 0.0306. The molecule has 228 valence electrons. The van der Waals surface area contributed by atoms with Crippen LogP contribution in [0.25, 0.3) is 10.8 Å². The van der Waals surface area contributed by atoms with Gasteiger partial charge >= 0.3 is 0 Å². The van der Waals surface area contributed by atoms with Crippen molar-refractivity contribution in [1.82, 2.24) is 20.4 Å². The van der Waals surface area contributed by atoms with Crippen molar-refractivity contribution in [1.29, 1.82) is 0 Å². The summed E-state index contributed by atoms with van der Waals surface area (Å²) < 4.78 is 0. The van der Waals surface area contributed by atoms with E-state index in [0.717, 1.165) is 56.2 Å². The average Bonchev–Trinajstić information content (AvgIpc) is 3.80. The Morgan fingerprint density at radius 2 is 1.74 bits per heavy atom. The molecule has 3 aromatic carbocycles. The summed E-state index contributed by atoms with van der Waals surface area (Å²) in [6.07, 6.45) is 7.79. The summed E-state index contributed by atoms with van der Waals surface area (Å²) in [6, 6.07) is 22.1. The number of nitrogens with zero attached hydrogens (tertiary/aromatic N) is 2. The fourth-order valence-electron chi connectivity index (χ4n) is 7.28. The smallest absolute Gasteiger partial charge is 0.251 e. The Hall–Kier alpha value is -2.93. The van der Waals surface area contributed by atoms with E-state index in [1.54, 1.807) is 0 Å². The number of likely N-dealkylation sites (tertiary alicyclic amines) is 1. The quantitative estimate of drug-likeness (QED) is 0.305. The van der Waals surface area contributed by atoms with Crippen LogP contribution in [0, 0.1) is 5.92 Å². The summed E-state index contributed by atoms with van der Waals surface area (Å²) in [5.41, 5.74) is 1.40. The van der Waals surface area contributed by atoms with E-state index in [4.69, 9.17) is 11.6 Å². The first kappa shape index (κ1) is 30.1. The summed E-state index contributed by atoms with van der Waals surface area (Å²) in [7, 11) is 0. The van der Waals surface area contributed by atoms with Gasteiger partial charge in [-0.15, -0.1) is 0 Å². The van der Waals surface area contributed by atoms with E-state index in [2.05, 4.69) is 57.7 Å². The van der Waals surface area contributed by atoms with Crippen LogP contribution in [0.15, 0.2) is 66.7 Å². The van der Waals surface area contributed by atoms with Crippen LogP contribution in [0.3, 0.4) is 0 Å². The zero-order chi connectivity index (χ0) is 29.8. The lowest BCUT2D eigenvalue weighted by molar-refractivity contribution is -0.134. The minimum Gasteiger partial charge on any atom is -0.350 e. The molecular formula is C36H45ClN4O2. The number of carbonyl (C=O) groups is 2. The number of benzene rings is 3. The second-order valence-electron chi connectivity index (χ2n) is 12.9. The van der Waals surface area contributed by atoms with Crippen molar-refractivity contribution in [3.05, 3.63) is 82.9 Å². The highest BCUT2D eigenvalue weighted by molar-refractivity contribution is 6.31. The molecule has 1 spiro atoms. The highest BCUT2D eigenvalue weighted by Gasteiger charge is 2.62. The van der Waals surface area contributed by atoms with Crippen molar-refractivity contribution in [3.63, 3.8) is 0 Å². The van der Waals surface area contributed by atoms with Gasteiger partial charge in [-0.1, -0.05) is 73.8 Å². The second kappa shape index (κ2) is 13.4. The van der Waals surface area contributed by atoms with Crippen molar-refractivity contribution >= 4 is 34.2 Å². The number of halogens is 1. The molecule has 3 aromatic rings. The Balaban J connectivity index is 1.17. The molecule has 0 aromatic heterocycles. The highest BCUT2D eigenvalue weighted by atomic mass is 35.5. The van der Waals surface area contributed by atoms with Gasteiger partial charge in [0.1, 0.15) is 5.54 Å². The fraction of sp³-hybridized carbons (Fsp3) is 0.500. The van der Waals surface area contributed by atoms with Gasteiger partial charge in [0.2, 0.25) is 5.91 Å². The lowest BCUT2D eigenvalue weighted by Crippen LogP contribution is -2.53. The first-order valence-corrected chi connectivity index (χ1v) is 16.6. The Morgan fingerprint density at radius 3 is 2.51 bits per heavy atom. The molecule has 43 heavy (non-hydrogen) atoms. The Bertz CT molecular complexity index is 1420. The normalized spacial score (nSPS) is 25.3. The van der Waals surface area contributed by atoms with Gasteiger partial charge in [-0.3, -0.25) is 14.9 Å². The third-order valence-corrected chi connectivity index (χ3v) is 10.2. The van der Waals surface area contributed by atoms with Crippen LogP contribution in [0.1, 0.15) is 73.7 Å². The molecule has 7 heteroatoms. The fourth-order valence-corrected chi connectivity index (χ4v) is 7.46. The Kier molecular flexibility index (Phi) is 9.37. The molecule has 2 aliphatic heterocycles. The van der Waals surface area contributed by atoms with Crippen LogP contribution in [-0.2, 0) is 4.79 Å². The number of amides is 2. The van der Waals surface area contributed by atoms with E-state index in [9.17, 15) is 9.59 Å². The molecule has 4 atom stereocenters. The largest absolute Gasteiger partial charge is 0.350 e. The van der Waals surface area contributed by atoms with Crippen LogP contribution in [0.4, 0.5) is 0 Å². The zero-order valence-corrected chi connectivity index (χ0v) is 26.1. The van der Waals surface area contributed by atoms with E-state index in [1.807, 2.05) is 36.4 Å². The molecule has 3 aliphatic rings. The monoisotopic (exact) mass is 600 g/mol. The summed E-state index contributed by atoms with van der Waals surface area (Å²) in [5.74, 6) is 0.779. The lowest BCUT2D eigenvalue weighted by Gasteiger charge is -2.30. The van der Waals surface area contributed by atoms with Crippen LogP contribution in [0.2, 0.25) is 5.02 Å². The van der Waals surface area contributed by atoms with E-state index in [1.165, 1.54) is 31.2 Å². The third kappa shape index (κ3) is 6.92. The molecule has 2 amide bonds. The molecule has 6 nitrogen and oxygen atoms in total. The van der Waals surface area contributed by atoms with Crippen molar-refractivity contribution in [2.75, 3.05) is 39.3 Å². The van der Waals surface area contributed by atoms with Crippen LogP contribution in [-0.4, -0.2) is 72.5 Å². The van der Waals surface area contributed by atoms with Gasteiger partial charge in [-0.25, -0.2) is 0 Å². The number of rotatable bonds is 9. The number of nitrogens with one attached hydrogen (secondary N) is 2. The minimum atomic E-state index is -0.532. The first-order chi connectivity index (χ1) is 20.9. The molecule has 2 unspecified atom stereocenters. The van der Waals surface area contributed by atoms with Crippen molar-refractivity contribution in [2.45, 2.75) is 69.4 Å². The van der Waals surface area contributed by atoms with Crippen LogP contribution >= 0.6 is 11.6 Å². The molecule has 1 saturated carbocycles. The van der Waals surface area contributed by atoms with Crippen molar-refractivity contribution < 1.29 is 9.59 Å². The molecule has 2 saturated heterocycles. The van der Waals surface area contributed by atoms with Gasteiger partial charge in [0.05, 0.1) is 0 Å². The predicted octanol–water partition coefficient (Wildman–Crippen LogP) is 6.24. The van der Waals surface area contributed by atoms with E-state index in [-0.39, 0.29) is 17.9 Å². The Labute approximate surface area is 261 Å². The van der Waals surface area contributed by atoms with Gasteiger partial charge in [0.25, 0.3) is 5.91 Å². The van der Waals surface area contributed by atoms with Crippen molar-refractivity contribution in [2.24, 2.45) is 5.92 Å². The molecule has 6 rings (SSSR count).